The van der Waals surface area contributed by atoms with Gasteiger partial charge in [-0.25, -0.2) is 0 Å². The third-order valence-electron chi connectivity index (χ3n) is 16.7. The molecule has 1 atom stereocenters. The molecule has 1 unspecified atom stereocenters. The van der Waals surface area contributed by atoms with Crippen LogP contribution < -0.4 is 42.0 Å². The lowest BCUT2D eigenvalue weighted by atomic mass is 9.32. The molecule has 16 rings (SSSR count). The molecule has 0 bridgehead atoms. The fourth-order valence-electron chi connectivity index (χ4n) is 14.2. The summed E-state index contributed by atoms with van der Waals surface area (Å²) >= 11 is 0. The standard InChI is InChI=1S/C67H43BN2Si/c1-3-20-46(21-4-1)71(47-22-5-2-6-23-47)64-36-17-15-34-62(64)70(63-35-16-18-37-65(63)71)45-39-41-58-53(43-45)51-27-19-30-57-66(51)68(58)59-31-12-11-29-56(59)67(57)54-28-10-7-24-48(54)52-42-44(38-40-55(52)67)69-60-32-13-8-25-49(60)50-26-9-14-33-61(50)69/h1-43H. The van der Waals surface area contributed by atoms with Gasteiger partial charge in [0.2, 0.25) is 6.71 Å². The lowest BCUT2D eigenvalue weighted by Gasteiger charge is -2.45. The zero-order chi connectivity index (χ0) is 46.4. The molecule has 1 aromatic heterocycles. The fraction of sp³-hybridized carbons (Fsp3) is 0.0149. The van der Waals surface area contributed by atoms with Crippen molar-refractivity contribution in [2.75, 3.05) is 4.90 Å². The normalized spacial score (nSPS) is 16.0. The SMILES string of the molecule is c1ccc([Si]2(c3ccccc3)c3ccccc3N(c3ccc4c(c3)-c3cccc5c3B4c3ccccc3C53c4ccccc4-c4cc(-n5c6ccccc6c6ccccc65)ccc43)c3ccccc32)cc1. The molecular weight excluding hydrogens is 872 g/mol. The largest absolute Gasteiger partial charge is 0.311 e. The Morgan fingerprint density at radius 3 is 1.56 bits per heavy atom. The fourth-order valence-corrected chi connectivity index (χ4v) is 19.3. The first-order valence-electron chi connectivity index (χ1n) is 25.0. The molecule has 4 heteroatoms. The molecule has 0 fully saturated rings. The number of rotatable bonds is 4. The predicted octanol–water partition coefficient (Wildman–Crippen LogP) is 11.1. The van der Waals surface area contributed by atoms with Gasteiger partial charge in [-0.2, -0.15) is 0 Å². The van der Waals surface area contributed by atoms with Crippen LogP contribution in [0.25, 0.3) is 49.7 Å². The van der Waals surface area contributed by atoms with Gasteiger partial charge in [0.15, 0.2) is 8.07 Å². The average molecular weight is 915 g/mol. The van der Waals surface area contributed by atoms with E-state index in [0.29, 0.717) is 0 Å². The van der Waals surface area contributed by atoms with E-state index in [2.05, 4.69) is 270 Å². The summed E-state index contributed by atoms with van der Waals surface area (Å²) in [4.78, 5) is 2.56. The molecule has 0 saturated heterocycles. The molecule has 11 aromatic carbocycles. The lowest BCUT2D eigenvalue weighted by molar-refractivity contribution is 0.775. The number of para-hydroxylation sites is 4. The monoisotopic (exact) mass is 914 g/mol. The van der Waals surface area contributed by atoms with Gasteiger partial charge in [0.1, 0.15) is 0 Å². The van der Waals surface area contributed by atoms with Crippen molar-refractivity contribution in [3.05, 3.63) is 283 Å². The van der Waals surface area contributed by atoms with Crippen LogP contribution >= 0.6 is 0 Å². The van der Waals surface area contributed by atoms with Crippen molar-refractivity contribution in [2.24, 2.45) is 0 Å². The van der Waals surface area contributed by atoms with Crippen LogP contribution in [-0.2, 0) is 5.41 Å². The highest BCUT2D eigenvalue weighted by molar-refractivity contribution is 7.21. The number of anilines is 3. The Hall–Kier alpha value is -8.70. The molecule has 0 radical (unpaired) electrons. The topological polar surface area (TPSA) is 8.17 Å². The van der Waals surface area contributed by atoms with Gasteiger partial charge in [-0.3, -0.25) is 0 Å². The van der Waals surface area contributed by atoms with Crippen LogP contribution in [-0.4, -0.2) is 19.4 Å². The number of fused-ring (bicyclic) bond motifs is 17. The first kappa shape index (κ1) is 39.2. The number of nitrogens with zero attached hydrogens (tertiary/aromatic N) is 2. The average Bonchev–Trinajstić information content (AvgIpc) is 4.07. The molecule has 0 N–H and O–H groups in total. The number of aromatic nitrogens is 1. The van der Waals surface area contributed by atoms with E-state index in [0.717, 1.165) is 0 Å². The van der Waals surface area contributed by atoms with E-state index in [-0.39, 0.29) is 6.71 Å². The Balaban J connectivity index is 0.911. The van der Waals surface area contributed by atoms with Crippen LogP contribution in [0.5, 0.6) is 0 Å². The van der Waals surface area contributed by atoms with E-state index in [1.807, 2.05) is 0 Å². The molecule has 4 aliphatic rings. The first-order chi connectivity index (χ1) is 35.3. The highest BCUT2D eigenvalue weighted by Crippen LogP contribution is 2.58. The molecule has 3 aliphatic heterocycles. The van der Waals surface area contributed by atoms with Crippen molar-refractivity contribution in [1.82, 2.24) is 4.57 Å². The minimum absolute atomic E-state index is 0.109. The Labute approximate surface area is 414 Å². The Morgan fingerprint density at radius 2 is 0.859 bits per heavy atom. The Morgan fingerprint density at radius 1 is 0.338 bits per heavy atom. The Kier molecular flexibility index (Phi) is 7.96. The van der Waals surface area contributed by atoms with E-state index in [1.165, 1.54) is 126 Å². The molecule has 0 amide bonds. The summed E-state index contributed by atoms with van der Waals surface area (Å²) in [6, 6.07) is 99.3. The van der Waals surface area contributed by atoms with Crippen LogP contribution in [0.2, 0.25) is 0 Å². The summed E-state index contributed by atoms with van der Waals surface area (Å²) in [6.45, 7) is 0.109. The van der Waals surface area contributed by atoms with Crippen LogP contribution in [0.1, 0.15) is 22.3 Å². The highest BCUT2D eigenvalue weighted by Gasteiger charge is 2.55. The molecule has 1 aliphatic carbocycles. The predicted molar refractivity (Wildman–Crippen MR) is 300 cm³/mol. The minimum Gasteiger partial charge on any atom is -0.311 e. The molecule has 328 valence electrons. The van der Waals surface area contributed by atoms with Gasteiger partial charge in [-0.15, -0.1) is 0 Å². The van der Waals surface area contributed by atoms with Crippen LogP contribution in [0.3, 0.4) is 0 Å². The van der Waals surface area contributed by atoms with Gasteiger partial charge in [-0.1, -0.05) is 229 Å². The van der Waals surface area contributed by atoms with Crippen molar-refractivity contribution in [3.8, 4) is 27.9 Å². The van der Waals surface area contributed by atoms with E-state index >= 15 is 0 Å². The van der Waals surface area contributed by atoms with E-state index < -0.39 is 13.5 Å². The third kappa shape index (κ3) is 4.92. The van der Waals surface area contributed by atoms with E-state index in [9.17, 15) is 0 Å². The Bertz CT molecular complexity index is 4070. The van der Waals surface area contributed by atoms with Gasteiger partial charge in [0.05, 0.1) is 16.4 Å². The highest BCUT2D eigenvalue weighted by atomic mass is 28.3. The van der Waals surface area contributed by atoms with Crippen molar-refractivity contribution >= 4 is 90.8 Å². The van der Waals surface area contributed by atoms with Crippen molar-refractivity contribution in [3.63, 3.8) is 0 Å². The summed E-state index contributed by atoms with van der Waals surface area (Å²) < 4.78 is 2.46. The van der Waals surface area contributed by atoms with Crippen molar-refractivity contribution < 1.29 is 0 Å². The number of benzene rings is 11. The second kappa shape index (κ2) is 14.4. The molecule has 12 aromatic rings. The second-order valence-electron chi connectivity index (χ2n) is 19.8. The molecular formula is C67H43BN2Si. The molecule has 2 nitrogen and oxygen atoms in total. The zero-order valence-corrected chi connectivity index (χ0v) is 39.8. The van der Waals surface area contributed by atoms with Gasteiger partial charge < -0.3 is 9.47 Å². The summed E-state index contributed by atoms with van der Waals surface area (Å²) in [5.74, 6) is 0. The summed E-state index contributed by atoms with van der Waals surface area (Å²) in [5.41, 5.74) is 21.8. The summed E-state index contributed by atoms with van der Waals surface area (Å²) in [7, 11) is -2.75. The molecule has 0 saturated carbocycles. The lowest BCUT2D eigenvalue weighted by Crippen LogP contribution is -2.77. The maximum Gasteiger partial charge on any atom is 0.243 e. The van der Waals surface area contributed by atoms with Gasteiger partial charge >= 0.3 is 0 Å². The third-order valence-corrected chi connectivity index (χ3v) is 21.6. The first-order valence-corrected chi connectivity index (χ1v) is 27.0. The van der Waals surface area contributed by atoms with E-state index in [1.54, 1.807) is 0 Å². The quantitative estimate of drug-likeness (QED) is 0.160. The van der Waals surface area contributed by atoms with Gasteiger partial charge in [0, 0.05) is 33.5 Å². The maximum atomic E-state index is 2.56. The maximum absolute atomic E-state index is 2.75. The number of hydrogen-bond donors (Lipinski definition) is 0. The summed E-state index contributed by atoms with van der Waals surface area (Å²) in [6.07, 6.45) is 0. The van der Waals surface area contributed by atoms with Crippen LogP contribution in [0.4, 0.5) is 17.1 Å². The minimum atomic E-state index is -2.75. The molecule has 1 spiro atoms. The summed E-state index contributed by atoms with van der Waals surface area (Å²) in [5, 5.41) is 8.16. The zero-order valence-electron chi connectivity index (χ0n) is 38.8. The number of hydrogen-bond acceptors (Lipinski definition) is 1. The molecule has 71 heavy (non-hydrogen) atoms. The van der Waals surface area contributed by atoms with Crippen molar-refractivity contribution in [2.45, 2.75) is 5.41 Å². The van der Waals surface area contributed by atoms with Crippen molar-refractivity contribution in [1.29, 1.82) is 0 Å². The van der Waals surface area contributed by atoms with E-state index in [4.69, 9.17) is 0 Å². The molecule has 4 heterocycles. The van der Waals surface area contributed by atoms with Gasteiger partial charge in [-0.05, 0) is 114 Å². The van der Waals surface area contributed by atoms with Crippen LogP contribution in [0, 0.1) is 0 Å². The van der Waals surface area contributed by atoms with Gasteiger partial charge in [0.25, 0.3) is 0 Å². The van der Waals surface area contributed by atoms with Crippen LogP contribution in [0.15, 0.2) is 261 Å². The second-order valence-corrected chi connectivity index (χ2v) is 23.5. The smallest absolute Gasteiger partial charge is 0.243 e.